The maximum Gasteiger partial charge on any atom is 0.349 e. The fourth-order valence-corrected chi connectivity index (χ4v) is 2.92. The van der Waals surface area contributed by atoms with E-state index in [9.17, 15) is 9.59 Å². The summed E-state index contributed by atoms with van der Waals surface area (Å²) in [5.74, 6) is -0.569. The Kier molecular flexibility index (Phi) is 4.38. The van der Waals surface area contributed by atoms with Crippen LogP contribution in [0.15, 0.2) is 36.4 Å². The van der Waals surface area contributed by atoms with Gasteiger partial charge in [0.05, 0.1) is 11.1 Å². The lowest BCUT2D eigenvalue weighted by atomic mass is 10.2. The molecule has 2 rings (SSSR count). The molecule has 0 aliphatic heterocycles. The van der Waals surface area contributed by atoms with Crippen LogP contribution in [-0.2, 0) is 0 Å². The van der Waals surface area contributed by atoms with Gasteiger partial charge in [0.2, 0.25) is 0 Å². The van der Waals surface area contributed by atoms with E-state index in [1.165, 1.54) is 6.07 Å². The molecule has 0 atom stereocenters. The van der Waals surface area contributed by atoms with E-state index in [0.717, 1.165) is 4.47 Å². The van der Waals surface area contributed by atoms with Gasteiger partial charge in [-0.15, -0.1) is 0 Å². The van der Waals surface area contributed by atoms with Crippen LogP contribution in [-0.4, -0.2) is 24.2 Å². The lowest BCUT2D eigenvalue weighted by molar-refractivity contribution is 0.0941. The van der Waals surface area contributed by atoms with Crippen molar-refractivity contribution in [2.45, 2.75) is 0 Å². The number of aliphatic hydroxyl groups is 1. The Hall–Kier alpha value is -1.18. The molecule has 0 saturated heterocycles. The second-order valence-corrected chi connectivity index (χ2v) is 5.50. The lowest BCUT2D eigenvalue weighted by Gasteiger charge is -2.05. The zero-order valence-corrected chi connectivity index (χ0v) is 12.7. The van der Waals surface area contributed by atoms with Crippen molar-refractivity contribution < 1.29 is 14.3 Å². The topological polar surface area (TPSA) is 79.5 Å². The van der Waals surface area contributed by atoms with Gasteiger partial charge in [-0.2, -0.15) is 0 Å². The monoisotopic (exact) mass is 389 g/mol. The summed E-state index contributed by atoms with van der Waals surface area (Å²) in [6, 6.07) is 4.95. The Labute approximate surface area is 124 Å². The number of carbonyl (C=O) groups excluding carboxylic acids is 1. The van der Waals surface area contributed by atoms with Gasteiger partial charge >= 0.3 is 5.63 Å². The van der Waals surface area contributed by atoms with Crippen molar-refractivity contribution in [1.29, 1.82) is 0 Å². The van der Waals surface area contributed by atoms with Crippen LogP contribution >= 0.6 is 31.9 Å². The SMILES string of the molecule is O=C(NCCO)c1cc2cc(Br)cc(Br)c2oc1=O. The molecule has 0 unspecified atom stereocenters. The summed E-state index contributed by atoms with van der Waals surface area (Å²) in [6.07, 6.45) is 0. The number of rotatable bonds is 3. The number of nitrogens with one attached hydrogen (secondary N) is 1. The fourth-order valence-electron chi connectivity index (χ4n) is 1.58. The molecule has 19 heavy (non-hydrogen) atoms. The molecule has 1 amide bonds. The third-order valence-electron chi connectivity index (χ3n) is 2.39. The van der Waals surface area contributed by atoms with Gasteiger partial charge in [0.15, 0.2) is 5.58 Å². The summed E-state index contributed by atoms with van der Waals surface area (Å²) in [5.41, 5.74) is -0.427. The van der Waals surface area contributed by atoms with Crippen LogP contribution in [0.5, 0.6) is 0 Å². The van der Waals surface area contributed by atoms with Crippen molar-refractivity contribution in [3.05, 3.63) is 43.1 Å². The zero-order valence-electron chi connectivity index (χ0n) is 9.57. The van der Waals surface area contributed by atoms with E-state index < -0.39 is 11.5 Å². The zero-order chi connectivity index (χ0) is 14.0. The molecule has 0 fully saturated rings. The Bertz CT molecular complexity index is 696. The first-order chi connectivity index (χ1) is 9.02. The molecule has 2 aromatic rings. The normalized spacial score (nSPS) is 10.7. The molecule has 1 aromatic carbocycles. The molecule has 0 saturated carbocycles. The van der Waals surface area contributed by atoms with E-state index in [1.807, 2.05) is 0 Å². The van der Waals surface area contributed by atoms with E-state index in [4.69, 9.17) is 9.52 Å². The van der Waals surface area contributed by atoms with Gasteiger partial charge in [-0.05, 0) is 34.1 Å². The van der Waals surface area contributed by atoms with Gasteiger partial charge in [-0.1, -0.05) is 15.9 Å². The Morgan fingerprint density at radius 3 is 2.74 bits per heavy atom. The quantitative estimate of drug-likeness (QED) is 0.786. The van der Waals surface area contributed by atoms with Crippen LogP contribution in [0.3, 0.4) is 0 Å². The van der Waals surface area contributed by atoms with E-state index in [1.54, 1.807) is 12.1 Å². The molecule has 5 nitrogen and oxygen atoms in total. The number of fused-ring (bicyclic) bond motifs is 1. The number of halogens is 2. The van der Waals surface area contributed by atoms with Gasteiger partial charge in [-0.25, -0.2) is 4.79 Å². The van der Waals surface area contributed by atoms with Crippen LogP contribution in [0.2, 0.25) is 0 Å². The minimum Gasteiger partial charge on any atom is -0.421 e. The van der Waals surface area contributed by atoms with Crippen molar-refractivity contribution in [3.63, 3.8) is 0 Å². The van der Waals surface area contributed by atoms with Gasteiger partial charge in [-0.3, -0.25) is 4.79 Å². The molecular weight excluding hydrogens is 382 g/mol. The maximum atomic E-state index is 11.8. The van der Waals surface area contributed by atoms with Gasteiger partial charge in [0.25, 0.3) is 5.91 Å². The average molecular weight is 391 g/mol. The van der Waals surface area contributed by atoms with Gasteiger partial charge < -0.3 is 14.8 Å². The lowest BCUT2D eigenvalue weighted by Crippen LogP contribution is -2.30. The molecule has 2 N–H and O–H groups in total. The molecule has 1 heterocycles. The van der Waals surface area contributed by atoms with E-state index in [-0.39, 0.29) is 18.7 Å². The first-order valence-electron chi connectivity index (χ1n) is 5.35. The van der Waals surface area contributed by atoms with Gasteiger partial charge in [0.1, 0.15) is 5.56 Å². The molecule has 0 radical (unpaired) electrons. The highest BCUT2D eigenvalue weighted by Gasteiger charge is 2.14. The Morgan fingerprint density at radius 1 is 1.32 bits per heavy atom. The fraction of sp³-hybridized carbons (Fsp3) is 0.167. The predicted molar refractivity (Wildman–Crippen MR) is 77.3 cm³/mol. The van der Waals surface area contributed by atoms with Crippen molar-refractivity contribution >= 4 is 48.7 Å². The van der Waals surface area contributed by atoms with Crippen LogP contribution in [0, 0.1) is 0 Å². The molecule has 0 spiro atoms. The number of carbonyl (C=O) groups is 1. The molecule has 7 heteroatoms. The van der Waals surface area contributed by atoms with Crippen molar-refractivity contribution in [1.82, 2.24) is 5.32 Å². The maximum absolute atomic E-state index is 11.8. The summed E-state index contributed by atoms with van der Waals surface area (Å²) < 4.78 is 6.55. The minimum atomic E-state index is -0.717. The third-order valence-corrected chi connectivity index (χ3v) is 3.44. The van der Waals surface area contributed by atoms with Crippen LogP contribution in [0.4, 0.5) is 0 Å². The Morgan fingerprint density at radius 2 is 2.05 bits per heavy atom. The molecular formula is C12H9Br2NO4. The second kappa shape index (κ2) is 5.85. The smallest absolute Gasteiger partial charge is 0.349 e. The van der Waals surface area contributed by atoms with E-state index in [2.05, 4.69) is 37.2 Å². The minimum absolute atomic E-state index is 0.0818. The summed E-state index contributed by atoms with van der Waals surface area (Å²) in [7, 11) is 0. The standard InChI is InChI=1S/C12H9Br2NO4/c13-7-3-6-4-8(11(17)15-1-2-16)12(18)19-10(6)9(14)5-7/h3-5,16H,1-2H2,(H,15,17). The Balaban J connectivity index is 2.55. The number of aliphatic hydroxyl groups excluding tert-OH is 1. The molecule has 0 bridgehead atoms. The highest BCUT2D eigenvalue weighted by atomic mass is 79.9. The first kappa shape index (κ1) is 14.2. The predicted octanol–water partition coefficient (Wildman–Crippen LogP) is 2.04. The van der Waals surface area contributed by atoms with Crippen LogP contribution < -0.4 is 10.9 Å². The van der Waals surface area contributed by atoms with Gasteiger partial charge in [0, 0.05) is 16.4 Å². The largest absolute Gasteiger partial charge is 0.421 e. The first-order valence-corrected chi connectivity index (χ1v) is 6.93. The van der Waals surface area contributed by atoms with Crippen molar-refractivity contribution in [3.8, 4) is 0 Å². The third kappa shape index (κ3) is 3.05. The van der Waals surface area contributed by atoms with Crippen molar-refractivity contribution in [2.75, 3.05) is 13.2 Å². The second-order valence-electron chi connectivity index (χ2n) is 3.73. The highest BCUT2D eigenvalue weighted by Crippen LogP contribution is 2.27. The summed E-state index contributed by atoms with van der Waals surface area (Å²) in [4.78, 5) is 23.5. The highest BCUT2D eigenvalue weighted by molar-refractivity contribution is 9.11. The van der Waals surface area contributed by atoms with E-state index in [0.29, 0.717) is 15.4 Å². The van der Waals surface area contributed by atoms with E-state index >= 15 is 0 Å². The summed E-state index contributed by atoms with van der Waals surface area (Å²) in [6.45, 7) is -0.111. The molecule has 0 aliphatic rings. The molecule has 1 aromatic heterocycles. The average Bonchev–Trinajstić information content (AvgIpc) is 2.36. The number of hydrogen-bond donors (Lipinski definition) is 2. The molecule has 100 valence electrons. The summed E-state index contributed by atoms with van der Waals surface area (Å²) in [5, 5.41) is 11.7. The van der Waals surface area contributed by atoms with Crippen molar-refractivity contribution in [2.24, 2.45) is 0 Å². The molecule has 0 aliphatic carbocycles. The number of benzene rings is 1. The number of hydrogen-bond acceptors (Lipinski definition) is 4. The van der Waals surface area contributed by atoms with Crippen LogP contribution in [0.1, 0.15) is 10.4 Å². The number of amides is 1. The van der Waals surface area contributed by atoms with Crippen LogP contribution in [0.25, 0.3) is 11.0 Å². The summed E-state index contributed by atoms with van der Waals surface area (Å²) >= 11 is 6.61.